The Balaban J connectivity index is 1.93. The van der Waals surface area contributed by atoms with E-state index in [2.05, 4.69) is 20.3 Å². The van der Waals surface area contributed by atoms with Crippen molar-refractivity contribution in [1.29, 1.82) is 0 Å². The maximum atomic E-state index is 5.79. The van der Waals surface area contributed by atoms with Crippen LogP contribution in [0.25, 0.3) is 22.6 Å². The van der Waals surface area contributed by atoms with Gasteiger partial charge in [0.05, 0.1) is 12.5 Å². The van der Waals surface area contributed by atoms with Gasteiger partial charge in [0.25, 0.3) is 0 Å². The summed E-state index contributed by atoms with van der Waals surface area (Å²) >= 11 is 0. The molecule has 0 unspecified atom stereocenters. The zero-order chi connectivity index (χ0) is 14.4. The first-order valence-corrected chi connectivity index (χ1v) is 6.23. The minimum absolute atomic E-state index is 0.123. The minimum atomic E-state index is 0.123. The fourth-order valence-electron chi connectivity index (χ4n) is 2.14. The number of aromatic nitrogens is 5. The van der Waals surface area contributed by atoms with Crippen LogP contribution in [0.15, 0.2) is 34.8 Å². The Morgan fingerprint density at radius 2 is 2.24 bits per heavy atom. The van der Waals surface area contributed by atoms with Gasteiger partial charge in [0.2, 0.25) is 11.6 Å². The van der Waals surface area contributed by atoms with Crippen molar-refractivity contribution in [3.8, 4) is 11.5 Å². The molecule has 0 amide bonds. The lowest BCUT2D eigenvalue weighted by Gasteiger charge is -2.12. The van der Waals surface area contributed by atoms with Crippen molar-refractivity contribution in [2.45, 2.75) is 6.92 Å². The number of nitrogen functional groups attached to an aromatic ring is 1. The van der Waals surface area contributed by atoms with Crippen LogP contribution < -0.4 is 10.7 Å². The highest BCUT2D eigenvalue weighted by Gasteiger charge is 2.21. The third kappa shape index (κ3) is 1.78. The molecule has 3 aromatic heterocycles. The third-order valence-electron chi connectivity index (χ3n) is 3.06. The standard InChI is InChI=1S/C12H11N7O2/c1-7-5-18(6-21-7)19-11-10(16-17-19)9(14-12(13)15-11)8-3-2-4-20-8/h2-5H,6H2,1H3,(H2,13,14,15). The summed E-state index contributed by atoms with van der Waals surface area (Å²) < 4.78 is 10.7. The van der Waals surface area contributed by atoms with Gasteiger partial charge in [-0.1, -0.05) is 0 Å². The Bertz CT molecular complexity index is 837. The molecule has 0 bridgehead atoms. The summed E-state index contributed by atoms with van der Waals surface area (Å²) in [5, 5.41) is 9.96. The summed E-state index contributed by atoms with van der Waals surface area (Å²) in [6.07, 6.45) is 3.36. The van der Waals surface area contributed by atoms with Crippen LogP contribution in [-0.4, -0.2) is 31.8 Å². The predicted molar refractivity (Wildman–Crippen MR) is 73.2 cm³/mol. The van der Waals surface area contributed by atoms with Crippen LogP contribution in [0.3, 0.4) is 0 Å². The molecule has 0 saturated carbocycles. The SMILES string of the molecule is CC1=CN(n2nnc3c(-c4ccco4)nc(N)nc32)CO1. The maximum absolute atomic E-state index is 5.79. The first kappa shape index (κ1) is 11.7. The molecule has 3 aromatic rings. The van der Waals surface area contributed by atoms with E-state index in [1.165, 1.54) is 4.79 Å². The molecule has 4 heterocycles. The summed E-state index contributed by atoms with van der Waals surface area (Å²) in [5.41, 5.74) is 7.30. The molecule has 21 heavy (non-hydrogen) atoms. The minimum Gasteiger partial charge on any atom is -0.474 e. The molecule has 0 radical (unpaired) electrons. The number of hydrogen-bond donors (Lipinski definition) is 1. The molecule has 4 rings (SSSR count). The predicted octanol–water partition coefficient (Wildman–Crippen LogP) is 0.850. The molecule has 9 heteroatoms. The fourth-order valence-corrected chi connectivity index (χ4v) is 2.14. The first-order chi connectivity index (χ1) is 10.2. The molecule has 0 aromatic carbocycles. The largest absolute Gasteiger partial charge is 0.474 e. The number of anilines is 1. The highest BCUT2D eigenvalue weighted by atomic mass is 16.5. The number of ether oxygens (including phenoxy) is 1. The van der Waals surface area contributed by atoms with Crippen molar-refractivity contribution in [2.75, 3.05) is 17.5 Å². The van der Waals surface area contributed by atoms with Gasteiger partial charge < -0.3 is 14.9 Å². The molecule has 0 atom stereocenters. The monoisotopic (exact) mass is 285 g/mol. The molecule has 0 aliphatic carbocycles. The van der Waals surface area contributed by atoms with Crippen molar-refractivity contribution in [3.63, 3.8) is 0 Å². The number of rotatable bonds is 2. The van der Waals surface area contributed by atoms with Crippen LogP contribution in [0.2, 0.25) is 0 Å². The molecule has 106 valence electrons. The lowest BCUT2D eigenvalue weighted by atomic mass is 10.3. The van der Waals surface area contributed by atoms with Crippen molar-refractivity contribution in [3.05, 3.63) is 30.4 Å². The zero-order valence-electron chi connectivity index (χ0n) is 11.1. The number of nitrogens with two attached hydrogens (primary N) is 1. The van der Waals surface area contributed by atoms with Gasteiger partial charge in [-0.3, -0.25) is 0 Å². The lowest BCUT2D eigenvalue weighted by Crippen LogP contribution is -2.28. The summed E-state index contributed by atoms with van der Waals surface area (Å²) in [4.78, 5) is 9.93. The Morgan fingerprint density at radius 1 is 1.33 bits per heavy atom. The molecule has 0 fully saturated rings. The molecular weight excluding hydrogens is 274 g/mol. The molecule has 0 saturated heterocycles. The maximum Gasteiger partial charge on any atom is 0.222 e. The molecule has 1 aliphatic rings. The van der Waals surface area contributed by atoms with E-state index in [1.54, 1.807) is 29.6 Å². The second kappa shape index (κ2) is 4.20. The van der Waals surface area contributed by atoms with Gasteiger partial charge in [-0.2, -0.15) is 4.98 Å². The number of allylic oxidation sites excluding steroid dienone is 1. The summed E-state index contributed by atoms with van der Waals surface area (Å²) in [7, 11) is 0. The highest BCUT2D eigenvalue weighted by molar-refractivity contribution is 5.86. The van der Waals surface area contributed by atoms with E-state index in [9.17, 15) is 0 Å². The smallest absolute Gasteiger partial charge is 0.222 e. The summed E-state index contributed by atoms with van der Waals surface area (Å²) in [6, 6.07) is 3.55. The van der Waals surface area contributed by atoms with Gasteiger partial charge in [-0.05, 0) is 24.3 Å². The second-order valence-corrected chi connectivity index (χ2v) is 4.51. The quantitative estimate of drug-likeness (QED) is 0.738. The van der Waals surface area contributed by atoms with E-state index < -0.39 is 0 Å². The van der Waals surface area contributed by atoms with Gasteiger partial charge >= 0.3 is 0 Å². The fraction of sp³-hybridized carbons (Fsp3) is 0.167. The highest BCUT2D eigenvalue weighted by Crippen LogP contribution is 2.25. The average Bonchev–Trinajstić information content (AvgIpc) is 3.16. The van der Waals surface area contributed by atoms with Gasteiger partial charge in [0, 0.05) is 0 Å². The van der Waals surface area contributed by atoms with Crippen LogP contribution in [0, 0.1) is 0 Å². The molecular formula is C12H11N7O2. The first-order valence-electron chi connectivity index (χ1n) is 6.23. The number of furan rings is 1. The number of hydrogen-bond acceptors (Lipinski definition) is 8. The average molecular weight is 285 g/mol. The Kier molecular flexibility index (Phi) is 2.34. The normalized spacial score (nSPS) is 14.5. The lowest BCUT2D eigenvalue weighted by molar-refractivity contribution is 0.231. The van der Waals surface area contributed by atoms with E-state index in [0.29, 0.717) is 29.3 Å². The van der Waals surface area contributed by atoms with Gasteiger partial charge in [-0.15, -0.1) is 9.89 Å². The van der Waals surface area contributed by atoms with E-state index in [0.717, 1.165) is 5.76 Å². The molecule has 1 aliphatic heterocycles. The molecule has 0 spiro atoms. The zero-order valence-corrected chi connectivity index (χ0v) is 11.1. The second-order valence-electron chi connectivity index (χ2n) is 4.51. The van der Waals surface area contributed by atoms with E-state index >= 15 is 0 Å². The van der Waals surface area contributed by atoms with Crippen LogP contribution in [-0.2, 0) is 4.74 Å². The summed E-state index contributed by atoms with van der Waals surface area (Å²) in [6.45, 7) is 2.20. The van der Waals surface area contributed by atoms with Crippen molar-refractivity contribution < 1.29 is 9.15 Å². The number of fused-ring (bicyclic) bond motifs is 1. The van der Waals surface area contributed by atoms with Crippen LogP contribution in [0.1, 0.15) is 6.92 Å². The number of nitrogens with zero attached hydrogens (tertiary/aromatic N) is 6. The Morgan fingerprint density at radius 3 is 2.95 bits per heavy atom. The molecule has 9 nitrogen and oxygen atoms in total. The van der Waals surface area contributed by atoms with Crippen LogP contribution in [0.4, 0.5) is 5.95 Å². The van der Waals surface area contributed by atoms with Crippen LogP contribution in [0.5, 0.6) is 0 Å². The molecule has 2 N–H and O–H groups in total. The van der Waals surface area contributed by atoms with Crippen molar-refractivity contribution in [2.24, 2.45) is 0 Å². The topological polar surface area (TPSA) is 108 Å². The van der Waals surface area contributed by atoms with Crippen molar-refractivity contribution >= 4 is 17.1 Å². The third-order valence-corrected chi connectivity index (χ3v) is 3.06. The van der Waals surface area contributed by atoms with E-state index in [4.69, 9.17) is 14.9 Å². The van der Waals surface area contributed by atoms with E-state index in [1.807, 2.05) is 6.92 Å². The van der Waals surface area contributed by atoms with Crippen LogP contribution >= 0.6 is 0 Å². The van der Waals surface area contributed by atoms with Gasteiger partial charge in [0.15, 0.2) is 18.0 Å². The van der Waals surface area contributed by atoms with E-state index in [-0.39, 0.29) is 5.95 Å². The van der Waals surface area contributed by atoms with Gasteiger partial charge in [-0.25, -0.2) is 9.99 Å². The Labute approximate surface area is 118 Å². The van der Waals surface area contributed by atoms with Crippen molar-refractivity contribution in [1.82, 2.24) is 25.1 Å². The summed E-state index contributed by atoms with van der Waals surface area (Å²) in [5.74, 6) is 1.47. The van der Waals surface area contributed by atoms with Gasteiger partial charge in [0.1, 0.15) is 11.5 Å². The Hall–Kier alpha value is -3.10.